The van der Waals surface area contributed by atoms with Gasteiger partial charge in [-0.1, -0.05) is 32.0 Å². The van der Waals surface area contributed by atoms with E-state index in [0.29, 0.717) is 17.2 Å². The molecule has 0 aliphatic rings. The standard InChI is InChI=1S/C18H23NO2S/c1-5-9-21-18(20)16-15(14(6-2)22-17(16)19)13-8-7-11(3)12(4)10-13/h7-8,10H,5-6,9,19H2,1-4H3. The summed E-state index contributed by atoms with van der Waals surface area (Å²) in [4.78, 5) is 13.5. The van der Waals surface area contributed by atoms with Gasteiger partial charge in [0.2, 0.25) is 0 Å². The van der Waals surface area contributed by atoms with Gasteiger partial charge in [0.15, 0.2) is 0 Å². The number of esters is 1. The van der Waals surface area contributed by atoms with Gasteiger partial charge >= 0.3 is 5.97 Å². The second kappa shape index (κ2) is 6.97. The second-order valence-corrected chi connectivity index (χ2v) is 6.56. The molecule has 22 heavy (non-hydrogen) atoms. The molecule has 1 heterocycles. The van der Waals surface area contributed by atoms with Crippen LogP contribution in [0, 0.1) is 13.8 Å². The topological polar surface area (TPSA) is 52.3 Å². The van der Waals surface area contributed by atoms with Crippen molar-refractivity contribution in [3.63, 3.8) is 0 Å². The number of nitrogen functional groups attached to an aromatic ring is 1. The summed E-state index contributed by atoms with van der Waals surface area (Å²) in [6.07, 6.45) is 1.65. The molecule has 4 heteroatoms. The average Bonchev–Trinajstić information content (AvgIpc) is 2.84. The fourth-order valence-corrected chi connectivity index (χ4v) is 3.44. The van der Waals surface area contributed by atoms with E-state index in [1.165, 1.54) is 22.5 Å². The highest BCUT2D eigenvalue weighted by Crippen LogP contribution is 2.40. The molecule has 0 atom stereocenters. The van der Waals surface area contributed by atoms with Crippen LogP contribution in [0.5, 0.6) is 0 Å². The first-order valence-corrected chi connectivity index (χ1v) is 8.47. The predicted molar refractivity (Wildman–Crippen MR) is 93.6 cm³/mol. The van der Waals surface area contributed by atoms with Gasteiger partial charge in [-0.3, -0.25) is 0 Å². The number of hydrogen-bond acceptors (Lipinski definition) is 4. The molecule has 0 amide bonds. The number of hydrogen-bond donors (Lipinski definition) is 1. The maximum atomic E-state index is 12.4. The Morgan fingerprint density at radius 1 is 1.23 bits per heavy atom. The van der Waals surface area contributed by atoms with Crippen LogP contribution >= 0.6 is 11.3 Å². The Bertz CT molecular complexity index is 689. The molecule has 0 radical (unpaired) electrons. The van der Waals surface area contributed by atoms with E-state index in [2.05, 4.69) is 39.0 Å². The molecule has 0 saturated carbocycles. The first-order chi connectivity index (χ1) is 10.5. The summed E-state index contributed by atoms with van der Waals surface area (Å²) in [5.41, 5.74) is 11.1. The lowest BCUT2D eigenvalue weighted by molar-refractivity contribution is 0.0507. The van der Waals surface area contributed by atoms with Crippen molar-refractivity contribution < 1.29 is 9.53 Å². The number of anilines is 1. The smallest absolute Gasteiger partial charge is 0.341 e. The van der Waals surface area contributed by atoms with Gasteiger partial charge in [0.25, 0.3) is 0 Å². The Morgan fingerprint density at radius 3 is 2.55 bits per heavy atom. The number of rotatable bonds is 5. The molecule has 0 bridgehead atoms. The van der Waals surface area contributed by atoms with Gasteiger partial charge in [-0.2, -0.15) is 0 Å². The molecule has 0 unspecified atom stereocenters. The van der Waals surface area contributed by atoms with Crippen LogP contribution in [0.2, 0.25) is 0 Å². The Morgan fingerprint density at radius 2 is 1.95 bits per heavy atom. The minimum atomic E-state index is -0.316. The molecule has 0 aliphatic carbocycles. The lowest BCUT2D eigenvalue weighted by Gasteiger charge is -2.10. The van der Waals surface area contributed by atoms with Crippen LogP contribution in [0.4, 0.5) is 5.00 Å². The summed E-state index contributed by atoms with van der Waals surface area (Å²) in [6, 6.07) is 6.26. The van der Waals surface area contributed by atoms with E-state index in [9.17, 15) is 4.79 Å². The van der Waals surface area contributed by atoms with E-state index in [1.807, 2.05) is 6.92 Å². The second-order valence-electron chi connectivity index (χ2n) is 5.43. The summed E-state index contributed by atoms with van der Waals surface area (Å²) in [5.74, 6) is -0.316. The molecule has 2 rings (SSSR count). The molecule has 118 valence electrons. The first kappa shape index (κ1) is 16.6. The third-order valence-corrected chi connectivity index (χ3v) is 4.93. The third-order valence-electron chi connectivity index (χ3n) is 3.77. The summed E-state index contributed by atoms with van der Waals surface area (Å²) in [5, 5.41) is 0.547. The van der Waals surface area contributed by atoms with Crippen LogP contribution in [0.25, 0.3) is 11.1 Å². The van der Waals surface area contributed by atoms with Crippen molar-refractivity contribution in [3.05, 3.63) is 39.8 Å². The van der Waals surface area contributed by atoms with Crippen molar-refractivity contribution in [1.82, 2.24) is 0 Å². The average molecular weight is 317 g/mol. The Hall–Kier alpha value is -1.81. The normalized spacial score (nSPS) is 10.7. The largest absolute Gasteiger partial charge is 0.462 e. The highest BCUT2D eigenvalue weighted by molar-refractivity contribution is 7.17. The van der Waals surface area contributed by atoms with Gasteiger partial charge in [0.1, 0.15) is 10.6 Å². The van der Waals surface area contributed by atoms with Crippen molar-refractivity contribution in [2.24, 2.45) is 0 Å². The molecule has 1 aromatic heterocycles. The number of thiophene rings is 1. The lowest BCUT2D eigenvalue weighted by atomic mass is 9.97. The van der Waals surface area contributed by atoms with E-state index in [-0.39, 0.29) is 5.97 Å². The van der Waals surface area contributed by atoms with E-state index in [0.717, 1.165) is 28.8 Å². The zero-order valence-electron chi connectivity index (χ0n) is 13.7. The van der Waals surface area contributed by atoms with Crippen LogP contribution in [0.3, 0.4) is 0 Å². The molecule has 0 saturated heterocycles. The van der Waals surface area contributed by atoms with Crippen LogP contribution in [0.15, 0.2) is 18.2 Å². The SMILES string of the molecule is CCCOC(=O)c1c(N)sc(CC)c1-c1ccc(C)c(C)c1. The summed E-state index contributed by atoms with van der Waals surface area (Å²) in [7, 11) is 0. The summed E-state index contributed by atoms with van der Waals surface area (Å²) < 4.78 is 5.32. The maximum Gasteiger partial charge on any atom is 0.341 e. The zero-order chi connectivity index (χ0) is 16.3. The Balaban J connectivity index is 2.57. The minimum absolute atomic E-state index is 0.316. The van der Waals surface area contributed by atoms with Crippen molar-refractivity contribution in [2.45, 2.75) is 40.5 Å². The quantitative estimate of drug-likeness (QED) is 0.810. The highest BCUT2D eigenvalue weighted by atomic mass is 32.1. The number of carbonyl (C=O) groups is 1. The molecule has 3 nitrogen and oxygen atoms in total. The highest BCUT2D eigenvalue weighted by Gasteiger charge is 2.24. The Kier molecular flexibility index (Phi) is 5.24. The van der Waals surface area contributed by atoms with E-state index in [4.69, 9.17) is 10.5 Å². The van der Waals surface area contributed by atoms with Gasteiger partial charge in [-0.15, -0.1) is 11.3 Å². The molecule has 2 N–H and O–H groups in total. The van der Waals surface area contributed by atoms with Gasteiger partial charge < -0.3 is 10.5 Å². The van der Waals surface area contributed by atoms with Crippen molar-refractivity contribution in [1.29, 1.82) is 0 Å². The first-order valence-electron chi connectivity index (χ1n) is 7.65. The molecule has 0 aliphatic heterocycles. The summed E-state index contributed by atoms with van der Waals surface area (Å²) in [6.45, 7) is 8.64. The predicted octanol–water partition coefficient (Wildman–Crippen LogP) is 4.74. The molecule has 0 fully saturated rings. The molecule has 2 aromatic rings. The number of benzene rings is 1. The van der Waals surface area contributed by atoms with E-state index in [1.54, 1.807) is 0 Å². The minimum Gasteiger partial charge on any atom is -0.462 e. The monoisotopic (exact) mass is 317 g/mol. The Labute approximate surface area is 136 Å². The van der Waals surface area contributed by atoms with Gasteiger partial charge in [-0.05, 0) is 43.4 Å². The third kappa shape index (κ3) is 3.17. The number of aryl methyl sites for hydroxylation is 3. The van der Waals surface area contributed by atoms with Crippen LogP contribution in [0.1, 0.15) is 46.6 Å². The fraction of sp³-hybridized carbons (Fsp3) is 0.389. The van der Waals surface area contributed by atoms with Crippen LogP contribution in [-0.4, -0.2) is 12.6 Å². The van der Waals surface area contributed by atoms with Gasteiger partial charge in [-0.25, -0.2) is 4.79 Å². The van der Waals surface area contributed by atoms with E-state index >= 15 is 0 Å². The maximum absolute atomic E-state index is 12.4. The number of carbonyl (C=O) groups excluding carboxylic acids is 1. The van der Waals surface area contributed by atoms with E-state index < -0.39 is 0 Å². The number of nitrogens with two attached hydrogens (primary N) is 1. The molecular weight excluding hydrogens is 294 g/mol. The van der Waals surface area contributed by atoms with Crippen LogP contribution < -0.4 is 5.73 Å². The molecule has 1 aromatic carbocycles. The number of ether oxygens (including phenoxy) is 1. The molecule has 0 spiro atoms. The molecular formula is C18H23NO2S. The zero-order valence-corrected chi connectivity index (χ0v) is 14.5. The van der Waals surface area contributed by atoms with Crippen molar-refractivity contribution in [3.8, 4) is 11.1 Å². The van der Waals surface area contributed by atoms with Gasteiger partial charge in [0, 0.05) is 10.4 Å². The summed E-state index contributed by atoms with van der Waals surface area (Å²) >= 11 is 1.48. The van der Waals surface area contributed by atoms with Crippen molar-refractivity contribution in [2.75, 3.05) is 12.3 Å². The fourth-order valence-electron chi connectivity index (χ4n) is 2.42. The van der Waals surface area contributed by atoms with Crippen LogP contribution in [-0.2, 0) is 11.2 Å². The lowest BCUT2D eigenvalue weighted by Crippen LogP contribution is -2.08. The van der Waals surface area contributed by atoms with Gasteiger partial charge in [0.05, 0.1) is 6.61 Å². The van der Waals surface area contributed by atoms with Crippen molar-refractivity contribution >= 4 is 22.3 Å².